The number of nitrogens with zero attached hydrogens (tertiary/aromatic N) is 4. The largest absolute Gasteiger partial charge is 0.483 e. The summed E-state index contributed by atoms with van der Waals surface area (Å²) >= 11 is 0. The number of hydrogen-bond acceptors (Lipinski definition) is 7. The Hall–Kier alpha value is -2.82. The van der Waals surface area contributed by atoms with E-state index in [0.29, 0.717) is 12.0 Å². The number of likely N-dealkylation sites (tertiary alicyclic amines) is 1. The monoisotopic (exact) mass is 445 g/mol. The summed E-state index contributed by atoms with van der Waals surface area (Å²) in [6, 6.07) is 9.14. The minimum Gasteiger partial charge on any atom is -0.483 e. The molecule has 174 valence electrons. The van der Waals surface area contributed by atoms with E-state index < -0.39 is 11.6 Å². The minimum atomic E-state index is -0.729. The first-order chi connectivity index (χ1) is 15.4. The lowest BCUT2D eigenvalue weighted by atomic mass is 9.74. The molecule has 2 fully saturated rings. The Bertz CT molecular complexity index is 855. The fraction of sp³-hybridized carbons (Fsp3) is 0.545. The van der Waals surface area contributed by atoms with Gasteiger partial charge in [-0.2, -0.15) is 0 Å². The summed E-state index contributed by atoms with van der Waals surface area (Å²) in [5, 5.41) is 28.3. The second kappa shape index (κ2) is 10.7. The van der Waals surface area contributed by atoms with Crippen LogP contribution in [0.2, 0.25) is 0 Å². The molecule has 32 heavy (non-hydrogen) atoms. The van der Waals surface area contributed by atoms with E-state index in [0.717, 1.165) is 39.0 Å². The number of aliphatic hydroxyl groups excluding tert-OH is 1. The van der Waals surface area contributed by atoms with E-state index in [2.05, 4.69) is 20.4 Å². The average molecular weight is 446 g/mol. The molecule has 2 saturated heterocycles. The topological polar surface area (TPSA) is 130 Å². The summed E-state index contributed by atoms with van der Waals surface area (Å²) in [6.07, 6.45) is 5.12. The molecule has 0 aliphatic carbocycles. The molecule has 1 amide bonds. The molecule has 0 radical (unpaired) electrons. The summed E-state index contributed by atoms with van der Waals surface area (Å²) in [7, 11) is 0. The highest BCUT2D eigenvalue weighted by atomic mass is 16.5. The van der Waals surface area contributed by atoms with Gasteiger partial charge in [0, 0.05) is 38.2 Å². The summed E-state index contributed by atoms with van der Waals surface area (Å²) in [5.74, 6) is -0.157. The molecule has 0 saturated carbocycles. The highest BCUT2D eigenvalue weighted by molar-refractivity contribution is 5.94. The molecule has 0 unspecified atom stereocenters. The third-order valence-corrected chi connectivity index (χ3v) is 6.32. The average Bonchev–Trinajstić information content (AvgIpc) is 3.31. The first kappa shape index (κ1) is 23.8. The van der Waals surface area contributed by atoms with Crippen LogP contribution in [-0.4, -0.2) is 85.7 Å². The lowest BCUT2D eigenvalue weighted by molar-refractivity contribution is -0.177. The molecule has 2 aliphatic heterocycles. The van der Waals surface area contributed by atoms with Crippen molar-refractivity contribution in [1.82, 2.24) is 25.0 Å². The maximum atomic E-state index is 12.7. The van der Waals surface area contributed by atoms with Crippen molar-refractivity contribution in [3.8, 4) is 0 Å². The van der Waals surface area contributed by atoms with E-state index in [4.69, 9.17) is 14.6 Å². The van der Waals surface area contributed by atoms with Crippen LogP contribution >= 0.6 is 0 Å². The highest BCUT2D eigenvalue weighted by Gasteiger charge is 2.50. The quantitative estimate of drug-likeness (QED) is 0.576. The normalized spacial score (nSPS) is 24.9. The molecule has 1 spiro atoms. The third-order valence-electron chi connectivity index (χ3n) is 6.32. The van der Waals surface area contributed by atoms with Crippen LogP contribution in [0.4, 0.5) is 0 Å². The van der Waals surface area contributed by atoms with Gasteiger partial charge < -0.3 is 29.7 Å². The van der Waals surface area contributed by atoms with Crippen molar-refractivity contribution in [3.05, 3.63) is 48.5 Å². The molecule has 1 aromatic heterocycles. The number of hydrogen-bond donors (Lipinski definition) is 3. The number of benzene rings is 1. The number of aromatic nitrogens is 3. The van der Waals surface area contributed by atoms with Gasteiger partial charge in [-0.1, -0.05) is 18.2 Å². The van der Waals surface area contributed by atoms with E-state index in [9.17, 15) is 9.90 Å². The van der Waals surface area contributed by atoms with Crippen LogP contribution in [0.15, 0.2) is 43.0 Å². The number of piperidine rings is 1. The van der Waals surface area contributed by atoms with Crippen molar-refractivity contribution in [2.45, 2.75) is 50.0 Å². The maximum absolute atomic E-state index is 12.7. The molecule has 3 heterocycles. The highest BCUT2D eigenvalue weighted by Crippen LogP contribution is 2.39. The Kier molecular flexibility index (Phi) is 7.94. The van der Waals surface area contributed by atoms with Crippen LogP contribution in [0.1, 0.15) is 36.5 Å². The number of aliphatic hydroxyl groups is 1. The zero-order chi connectivity index (χ0) is 23.0. The Morgan fingerprint density at radius 2 is 1.84 bits per heavy atom. The standard InChI is InChI=1S/C21H29N5O3.CH2O2/c1-20(24-19(28)17-5-3-2-4-6-17)14-21(29-13-18(20)27)7-9-25(10-8-21)11-12-26-15-22-23-16-26;2-1-3/h2-6,15-16,18,27H,7-14H2,1H3,(H,24,28);1H,(H,2,3)/t18-,20-;/m1./s1. The van der Waals surface area contributed by atoms with Crippen LogP contribution < -0.4 is 5.32 Å². The van der Waals surface area contributed by atoms with Gasteiger partial charge in [-0.3, -0.25) is 9.59 Å². The van der Waals surface area contributed by atoms with E-state index >= 15 is 0 Å². The number of amides is 1. The lowest BCUT2D eigenvalue weighted by Gasteiger charge is -2.52. The van der Waals surface area contributed by atoms with Gasteiger partial charge in [0.05, 0.1) is 17.7 Å². The summed E-state index contributed by atoms with van der Waals surface area (Å²) in [4.78, 5) is 23.5. The predicted octanol–water partition coefficient (Wildman–Crippen LogP) is 0.783. The number of carboxylic acid groups (broad SMARTS) is 1. The Morgan fingerprint density at radius 3 is 2.47 bits per heavy atom. The number of rotatable bonds is 5. The summed E-state index contributed by atoms with van der Waals surface area (Å²) < 4.78 is 8.13. The minimum absolute atomic E-state index is 0.157. The summed E-state index contributed by atoms with van der Waals surface area (Å²) in [6.45, 7) is 5.60. The van der Waals surface area contributed by atoms with Crippen molar-refractivity contribution in [2.75, 3.05) is 26.2 Å². The molecule has 2 aromatic rings. The van der Waals surface area contributed by atoms with Crippen LogP contribution in [0, 0.1) is 0 Å². The Morgan fingerprint density at radius 1 is 1.22 bits per heavy atom. The van der Waals surface area contributed by atoms with Gasteiger partial charge in [0.15, 0.2) is 0 Å². The summed E-state index contributed by atoms with van der Waals surface area (Å²) in [5.41, 5.74) is -0.411. The molecule has 10 heteroatoms. The molecule has 3 N–H and O–H groups in total. The van der Waals surface area contributed by atoms with Crippen molar-refractivity contribution in [2.24, 2.45) is 0 Å². The predicted molar refractivity (Wildman–Crippen MR) is 116 cm³/mol. The molecule has 2 aliphatic rings. The van der Waals surface area contributed by atoms with Gasteiger partial charge in [0.2, 0.25) is 0 Å². The number of carbonyl (C=O) groups is 2. The number of nitrogens with one attached hydrogen (secondary N) is 1. The Labute approximate surface area is 187 Å². The van der Waals surface area contributed by atoms with Gasteiger partial charge in [-0.15, -0.1) is 10.2 Å². The Balaban J connectivity index is 0.000000913. The molecule has 1 aromatic carbocycles. The lowest BCUT2D eigenvalue weighted by Crippen LogP contribution is -2.65. The van der Waals surface area contributed by atoms with Crippen LogP contribution in [-0.2, 0) is 16.1 Å². The SMILES string of the molecule is C[C@@]1(NC(=O)c2ccccc2)CC2(CCN(CCn3cnnc3)CC2)OC[C@H]1O.O=CO. The third kappa shape index (κ3) is 5.90. The van der Waals surface area contributed by atoms with Gasteiger partial charge in [-0.25, -0.2) is 0 Å². The first-order valence-corrected chi connectivity index (χ1v) is 10.7. The van der Waals surface area contributed by atoms with Crippen molar-refractivity contribution >= 4 is 12.4 Å². The zero-order valence-electron chi connectivity index (χ0n) is 18.3. The van der Waals surface area contributed by atoms with E-state index in [-0.39, 0.29) is 24.6 Å². The van der Waals surface area contributed by atoms with E-state index in [1.165, 1.54) is 0 Å². The van der Waals surface area contributed by atoms with Crippen LogP contribution in [0.3, 0.4) is 0 Å². The molecule has 2 atom stereocenters. The fourth-order valence-electron chi connectivity index (χ4n) is 4.43. The number of carbonyl (C=O) groups excluding carboxylic acids is 1. The first-order valence-electron chi connectivity index (χ1n) is 10.7. The van der Waals surface area contributed by atoms with Crippen LogP contribution in [0.25, 0.3) is 0 Å². The van der Waals surface area contributed by atoms with Crippen molar-refractivity contribution in [1.29, 1.82) is 0 Å². The fourth-order valence-corrected chi connectivity index (χ4v) is 4.43. The van der Waals surface area contributed by atoms with Crippen molar-refractivity contribution < 1.29 is 24.5 Å². The molecule has 10 nitrogen and oxygen atoms in total. The van der Waals surface area contributed by atoms with E-state index in [1.807, 2.05) is 29.7 Å². The second-order valence-electron chi connectivity index (χ2n) is 8.57. The van der Waals surface area contributed by atoms with Crippen LogP contribution in [0.5, 0.6) is 0 Å². The molecular formula is C22H31N5O5. The van der Waals surface area contributed by atoms with Crippen molar-refractivity contribution in [3.63, 3.8) is 0 Å². The number of ether oxygens (including phenoxy) is 1. The van der Waals surface area contributed by atoms with Gasteiger partial charge in [0.25, 0.3) is 12.4 Å². The maximum Gasteiger partial charge on any atom is 0.290 e. The van der Waals surface area contributed by atoms with Gasteiger partial charge in [0.1, 0.15) is 18.8 Å². The second-order valence-corrected chi connectivity index (χ2v) is 8.57. The zero-order valence-corrected chi connectivity index (χ0v) is 18.3. The molecular weight excluding hydrogens is 414 g/mol. The van der Waals surface area contributed by atoms with E-state index in [1.54, 1.807) is 24.8 Å². The van der Waals surface area contributed by atoms with Gasteiger partial charge >= 0.3 is 0 Å². The molecule has 4 rings (SSSR count). The van der Waals surface area contributed by atoms with Gasteiger partial charge in [-0.05, 0) is 31.9 Å². The smallest absolute Gasteiger partial charge is 0.290 e. The molecule has 0 bridgehead atoms.